The maximum absolute atomic E-state index is 12.3. The maximum atomic E-state index is 12.3. The van der Waals surface area contributed by atoms with Crippen molar-refractivity contribution >= 4 is 27.3 Å². The molecule has 0 unspecified atom stereocenters. The molecule has 0 saturated carbocycles. The van der Waals surface area contributed by atoms with E-state index in [0.717, 1.165) is 17.4 Å². The smallest absolute Gasteiger partial charge is 0.232 e. The minimum absolute atomic E-state index is 0.0273. The Bertz CT molecular complexity index is 890. The first-order valence-corrected chi connectivity index (χ1v) is 10.6. The van der Waals surface area contributed by atoms with E-state index in [4.69, 9.17) is 4.74 Å². The lowest BCUT2D eigenvalue weighted by molar-refractivity contribution is -0.116. The van der Waals surface area contributed by atoms with Gasteiger partial charge in [0.15, 0.2) is 0 Å². The van der Waals surface area contributed by atoms with Gasteiger partial charge < -0.3 is 10.1 Å². The highest BCUT2D eigenvalue weighted by atomic mass is 32.2. The fourth-order valence-corrected chi connectivity index (χ4v) is 3.81. The molecule has 0 bridgehead atoms. The molecule has 0 heterocycles. The van der Waals surface area contributed by atoms with Gasteiger partial charge in [0.05, 0.1) is 18.6 Å². The Kier molecular flexibility index (Phi) is 6.85. The predicted molar refractivity (Wildman–Crippen MR) is 109 cm³/mol. The maximum Gasteiger partial charge on any atom is 0.232 e. The van der Waals surface area contributed by atoms with Crippen molar-refractivity contribution in [1.29, 1.82) is 0 Å². The van der Waals surface area contributed by atoms with Gasteiger partial charge in [-0.2, -0.15) is 0 Å². The van der Waals surface area contributed by atoms with Crippen LogP contribution in [0, 0.1) is 13.8 Å². The summed E-state index contributed by atoms with van der Waals surface area (Å²) in [6.07, 6.45) is 1.15. The van der Waals surface area contributed by atoms with Crippen LogP contribution < -0.4 is 14.4 Å². The highest BCUT2D eigenvalue weighted by molar-refractivity contribution is 7.92. The first kappa shape index (κ1) is 20.8. The van der Waals surface area contributed by atoms with Gasteiger partial charge in [0.1, 0.15) is 5.75 Å². The van der Waals surface area contributed by atoms with Crippen LogP contribution in [0.2, 0.25) is 0 Å². The molecule has 0 radical (unpaired) electrons. The van der Waals surface area contributed by atoms with Crippen LogP contribution in [0.25, 0.3) is 0 Å². The number of ether oxygens (including phenoxy) is 1. The minimum Gasteiger partial charge on any atom is -0.492 e. The Morgan fingerprint density at radius 2 is 1.74 bits per heavy atom. The number of carbonyl (C=O) groups excluding carboxylic acids is 1. The van der Waals surface area contributed by atoms with Gasteiger partial charge in [-0.3, -0.25) is 9.10 Å². The van der Waals surface area contributed by atoms with Crippen LogP contribution in [0.15, 0.2) is 42.5 Å². The van der Waals surface area contributed by atoms with E-state index in [2.05, 4.69) is 5.32 Å². The zero-order valence-electron chi connectivity index (χ0n) is 16.2. The van der Waals surface area contributed by atoms with Crippen LogP contribution in [0.1, 0.15) is 24.5 Å². The van der Waals surface area contributed by atoms with Gasteiger partial charge in [-0.05, 0) is 56.2 Å². The number of nitrogens with one attached hydrogen (secondary N) is 1. The highest BCUT2D eigenvalue weighted by Gasteiger charge is 2.22. The molecule has 0 aromatic heterocycles. The highest BCUT2D eigenvalue weighted by Crippen LogP contribution is 2.30. The topological polar surface area (TPSA) is 75.7 Å². The lowest BCUT2D eigenvalue weighted by Gasteiger charge is -2.24. The van der Waals surface area contributed by atoms with Gasteiger partial charge in [0.2, 0.25) is 15.9 Å². The molecule has 2 aromatic carbocycles. The molecule has 0 saturated heterocycles. The fourth-order valence-electron chi connectivity index (χ4n) is 2.88. The lowest BCUT2D eigenvalue weighted by Crippen LogP contribution is -2.33. The zero-order chi connectivity index (χ0) is 20.0. The van der Waals surface area contributed by atoms with Gasteiger partial charge in [0.25, 0.3) is 0 Å². The SMILES string of the molecule is CCOc1ccccc1N(CCC(=O)Nc1cc(C)cc(C)c1)S(C)(=O)=O. The summed E-state index contributed by atoms with van der Waals surface area (Å²) < 4.78 is 31.3. The zero-order valence-corrected chi connectivity index (χ0v) is 17.0. The van der Waals surface area contributed by atoms with Gasteiger partial charge in [-0.25, -0.2) is 8.42 Å². The number of hydrogen-bond donors (Lipinski definition) is 1. The molecule has 7 heteroatoms. The van der Waals surface area contributed by atoms with Crippen LogP contribution in [-0.2, 0) is 14.8 Å². The average Bonchev–Trinajstić information content (AvgIpc) is 2.54. The van der Waals surface area contributed by atoms with Crippen LogP contribution in [0.3, 0.4) is 0 Å². The number of amides is 1. The third-order valence-corrected chi connectivity index (χ3v) is 5.06. The second-order valence-electron chi connectivity index (χ2n) is 6.41. The van der Waals surface area contributed by atoms with Crippen molar-refractivity contribution in [3.63, 3.8) is 0 Å². The third kappa shape index (κ3) is 5.99. The summed E-state index contributed by atoms with van der Waals surface area (Å²) >= 11 is 0. The molecule has 146 valence electrons. The molecular formula is C20H26N2O4S. The molecule has 0 aliphatic heterocycles. The number of nitrogens with zero attached hydrogens (tertiary/aromatic N) is 1. The van der Waals surface area contributed by atoms with Crippen molar-refractivity contribution in [3.8, 4) is 5.75 Å². The molecule has 0 aliphatic rings. The van der Waals surface area contributed by atoms with Gasteiger partial charge >= 0.3 is 0 Å². The Morgan fingerprint density at radius 3 is 2.33 bits per heavy atom. The van der Waals surface area contributed by atoms with Gasteiger partial charge in [0, 0.05) is 18.7 Å². The van der Waals surface area contributed by atoms with Crippen LogP contribution in [0.4, 0.5) is 11.4 Å². The molecule has 0 fully saturated rings. The van der Waals surface area contributed by atoms with E-state index in [1.807, 2.05) is 39.0 Å². The van der Waals surface area contributed by atoms with E-state index < -0.39 is 10.0 Å². The quantitative estimate of drug-likeness (QED) is 0.749. The number of rotatable bonds is 8. The second-order valence-corrected chi connectivity index (χ2v) is 8.32. The molecule has 27 heavy (non-hydrogen) atoms. The van der Waals surface area contributed by atoms with E-state index >= 15 is 0 Å². The predicted octanol–water partition coefficient (Wildman–Crippen LogP) is 3.50. The lowest BCUT2D eigenvalue weighted by atomic mass is 10.1. The number of benzene rings is 2. The van der Waals surface area contributed by atoms with Gasteiger partial charge in [-0.1, -0.05) is 18.2 Å². The summed E-state index contributed by atoms with van der Waals surface area (Å²) in [5.41, 5.74) is 3.24. The standard InChI is InChI=1S/C20H26N2O4S/c1-5-26-19-9-7-6-8-18(19)22(27(4,24)25)11-10-20(23)21-17-13-15(2)12-16(3)14-17/h6-9,12-14H,5,10-11H2,1-4H3,(H,21,23). The van der Waals surface area contributed by atoms with E-state index in [1.54, 1.807) is 24.3 Å². The first-order chi connectivity index (χ1) is 12.7. The van der Waals surface area contributed by atoms with Crippen molar-refractivity contribution in [1.82, 2.24) is 0 Å². The number of aryl methyl sites for hydroxylation is 2. The van der Waals surface area contributed by atoms with Crippen molar-refractivity contribution in [2.45, 2.75) is 27.2 Å². The van der Waals surface area contributed by atoms with Crippen molar-refractivity contribution < 1.29 is 17.9 Å². The molecule has 2 rings (SSSR count). The van der Waals surface area contributed by atoms with Crippen LogP contribution in [0.5, 0.6) is 5.75 Å². The minimum atomic E-state index is -3.57. The summed E-state index contributed by atoms with van der Waals surface area (Å²) in [6, 6.07) is 12.7. The number of hydrogen-bond acceptors (Lipinski definition) is 4. The summed E-state index contributed by atoms with van der Waals surface area (Å²) in [6.45, 7) is 6.19. The van der Waals surface area contributed by atoms with E-state index in [0.29, 0.717) is 23.7 Å². The average molecular weight is 391 g/mol. The monoisotopic (exact) mass is 390 g/mol. The summed E-state index contributed by atoms with van der Waals surface area (Å²) in [7, 11) is -3.57. The van der Waals surface area contributed by atoms with Crippen molar-refractivity contribution in [3.05, 3.63) is 53.6 Å². The molecule has 2 aromatic rings. The third-order valence-electron chi connectivity index (χ3n) is 3.88. The van der Waals surface area contributed by atoms with Crippen LogP contribution >= 0.6 is 0 Å². The number of anilines is 2. The first-order valence-electron chi connectivity index (χ1n) is 8.78. The molecule has 1 N–H and O–H groups in total. The Hall–Kier alpha value is -2.54. The Morgan fingerprint density at radius 1 is 1.11 bits per heavy atom. The molecule has 1 amide bonds. The summed E-state index contributed by atoms with van der Waals surface area (Å²) in [5.74, 6) is 0.225. The van der Waals surface area contributed by atoms with E-state index in [9.17, 15) is 13.2 Å². The number of para-hydroxylation sites is 2. The largest absolute Gasteiger partial charge is 0.492 e. The van der Waals surface area contributed by atoms with Crippen LogP contribution in [-0.4, -0.2) is 33.7 Å². The molecule has 0 atom stereocenters. The number of carbonyl (C=O) groups is 1. The Labute approximate surface area is 161 Å². The fraction of sp³-hybridized carbons (Fsp3) is 0.350. The van der Waals surface area contributed by atoms with E-state index in [-0.39, 0.29) is 18.9 Å². The van der Waals surface area contributed by atoms with Gasteiger partial charge in [-0.15, -0.1) is 0 Å². The normalized spacial score (nSPS) is 11.1. The van der Waals surface area contributed by atoms with E-state index in [1.165, 1.54) is 4.31 Å². The van der Waals surface area contributed by atoms with Crippen molar-refractivity contribution in [2.75, 3.05) is 29.0 Å². The molecular weight excluding hydrogens is 364 g/mol. The molecule has 0 aliphatic carbocycles. The summed E-state index contributed by atoms with van der Waals surface area (Å²) in [5, 5.41) is 2.83. The van der Waals surface area contributed by atoms with Crippen molar-refractivity contribution in [2.24, 2.45) is 0 Å². The number of sulfonamides is 1. The summed E-state index contributed by atoms with van der Waals surface area (Å²) in [4.78, 5) is 12.3. The molecule has 0 spiro atoms. The Balaban J connectivity index is 2.15. The second kappa shape index (κ2) is 8.90. The molecule has 6 nitrogen and oxygen atoms in total.